The Labute approximate surface area is 151 Å². The van der Waals surface area contributed by atoms with Crippen LogP contribution in [0.2, 0.25) is 0 Å². The molecule has 0 radical (unpaired) electrons. The molecule has 142 valence electrons. The van der Waals surface area contributed by atoms with Gasteiger partial charge in [-0.25, -0.2) is 0 Å². The van der Waals surface area contributed by atoms with Gasteiger partial charge in [0.05, 0.1) is 0 Å². The first-order valence-electron chi connectivity index (χ1n) is 8.34. The molecule has 2 aromatic rings. The van der Waals surface area contributed by atoms with E-state index in [1.165, 1.54) is 23.5 Å². The molecule has 26 heavy (non-hydrogen) atoms. The molecule has 0 saturated carbocycles. The maximum Gasteiger partial charge on any atom is 0.435 e. The Morgan fingerprint density at radius 2 is 1.85 bits per heavy atom. The molecule has 0 saturated heterocycles. The normalized spacial score (nSPS) is 12.3. The Morgan fingerprint density at radius 1 is 1.23 bits per heavy atom. The summed E-state index contributed by atoms with van der Waals surface area (Å²) < 4.78 is 40.3. The number of aliphatic imine (C=N–C) groups is 1. The SMILES string of the molecule is CCc1ccc(CN(C)C(=NC)NCc2cn(C)nc2C(F)(F)F)cc1. The van der Waals surface area contributed by atoms with Crippen molar-refractivity contribution in [2.75, 3.05) is 14.1 Å². The number of benzene rings is 1. The van der Waals surface area contributed by atoms with Crippen LogP contribution < -0.4 is 5.32 Å². The molecule has 2 rings (SSSR count). The van der Waals surface area contributed by atoms with Crippen molar-refractivity contribution < 1.29 is 13.2 Å². The van der Waals surface area contributed by atoms with E-state index in [2.05, 4.69) is 34.5 Å². The summed E-state index contributed by atoms with van der Waals surface area (Å²) >= 11 is 0. The van der Waals surface area contributed by atoms with E-state index in [9.17, 15) is 13.2 Å². The Balaban J connectivity index is 2.03. The predicted octanol–water partition coefficient (Wildman–Crippen LogP) is 3.21. The van der Waals surface area contributed by atoms with Crippen molar-refractivity contribution in [3.63, 3.8) is 0 Å². The molecular weight excluding hydrogens is 343 g/mol. The zero-order valence-electron chi connectivity index (χ0n) is 15.4. The lowest BCUT2D eigenvalue weighted by atomic mass is 10.1. The van der Waals surface area contributed by atoms with Crippen molar-refractivity contribution in [2.24, 2.45) is 12.0 Å². The van der Waals surface area contributed by atoms with Gasteiger partial charge in [-0.05, 0) is 17.5 Å². The molecule has 0 fully saturated rings. The van der Waals surface area contributed by atoms with Gasteiger partial charge in [-0.3, -0.25) is 9.67 Å². The number of aromatic nitrogens is 2. The van der Waals surface area contributed by atoms with Crippen LogP contribution in [-0.2, 0) is 32.7 Å². The first kappa shape index (κ1) is 19.8. The summed E-state index contributed by atoms with van der Waals surface area (Å²) in [5, 5.41) is 6.49. The van der Waals surface area contributed by atoms with Crippen LogP contribution in [0.4, 0.5) is 13.2 Å². The average Bonchev–Trinajstić information content (AvgIpc) is 2.97. The van der Waals surface area contributed by atoms with Crippen LogP contribution in [0.25, 0.3) is 0 Å². The molecule has 0 aliphatic heterocycles. The number of rotatable bonds is 5. The Bertz CT molecular complexity index is 747. The second-order valence-corrected chi connectivity index (χ2v) is 6.10. The highest BCUT2D eigenvalue weighted by Gasteiger charge is 2.36. The number of aryl methyl sites for hydroxylation is 2. The largest absolute Gasteiger partial charge is 0.435 e. The van der Waals surface area contributed by atoms with Gasteiger partial charge in [0, 0.05) is 46.0 Å². The van der Waals surface area contributed by atoms with Gasteiger partial charge >= 0.3 is 6.18 Å². The van der Waals surface area contributed by atoms with Crippen LogP contribution in [0.1, 0.15) is 29.3 Å². The van der Waals surface area contributed by atoms with Gasteiger partial charge in [0.15, 0.2) is 11.7 Å². The monoisotopic (exact) mass is 367 g/mol. The molecule has 5 nitrogen and oxygen atoms in total. The van der Waals surface area contributed by atoms with E-state index in [4.69, 9.17) is 0 Å². The van der Waals surface area contributed by atoms with E-state index < -0.39 is 11.9 Å². The van der Waals surface area contributed by atoms with Crippen LogP contribution >= 0.6 is 0 Å². The number of hydrogen-bond donors (Lipinski definition) is 1. The summed E-state index contributed by atoms with van der Waals surface area (Å²) in [6.07, 6.45) is -2.13. The zero-order chi connectivity index (χ0) is 19.3. The van der Waals surface area contributed by atoms with Crippen LogP contribution in [0.5, 0.6) is 0 Å². The molecule has 1 aromatic carbocycles. The van der Waals surface area contributed by atoms with Gasteiger partial charge in [0.25, 0.3) is 0 Å². The number of hydrogen-bond acceptors (Lipinski definition) is 2. The molecule has 1 N–H and O–H groups in total. The van der Waals surface area contributed by atoms with Gasteiger partial charge in [-0.1, -0.05) is 31.2 Å². The molecule has 0 amide bonds. The second kappa shape index (κ2) is 8.25. The van der Waals surface area contributed by atoms with E-state index in [0.29, 0.717) is 12.5 Å². The van der Waals surface area contributed by atoms with E-state index in [0.717, 1.165) is 12.0 Å². The lowest BCUT2D eigenvalue weighted by molar-refractivity contribution is -0.142. The van der Waals surface area contributed by atoms with E-state index in [1.54, 1.807) is 7.05 Å². The Morgan fingerprint density at radius 3 is 2.38 bits per heavy atom. The molecule has 0 unspecified atom stereocenters. The lowest BCUT2D eigenvalue weighted by Crippen LogP contribution is -2.38. The van der Waals surface area contributed by atoms with Gasteiger partial charge in [0.2, 0.25) is 0 Å². The fourth-order valence-electron chi connectivity index (χ4n) is 2.69. The maximum atomic E-state index is 13.0. The molecule has 1 aromatic heterocycles. The topological polar surface area (TPSA) is 45.5 Å². The van der Waals surface area contributed by atoms with Crippen molar-refractivity contribution in [1.82, 2.24) is 20.0 Å². The predicted molar refractivity (Wildman–Crippen MR) is 95.7 cm³/mol. The van der Waals surface area contributed by atoms with Crippen LogP contribution in [-0.4, -0.2) is 34.7 Å². The van der Waals surface area contributed by atoms with Gasteiger partial charge < -0.3 is 10.2 Å². The third kappa shape index (κ3) is 5.00. The van der Waals surface area contributed by atoms with Crippen molar-refractivity contribution in [1.29, 1.82) is 0 Å². The number of guanidine groups is 1. The molecule has 1 heterocycles. The molecular formula is C18H24F3N5. The minimum atomic E-state index is -4.48. The maximum absolute atomic E-state index is 13.0. The molecule has 0 spiro atoms. The van der Waals surface area contributed by atoms with Crippen LogP contribution in [0, 0.1) is 0 Å². The van der Waals surface area contributed by atoms with Gasteiger partial charge in [-0.2, -0.15) is 18.3 Å². The highest BCUT2D eigenvalue weighted by Crippen LogP contribution is 2.30. The average molecular weight is 367 g/mol. The summed E-state index contributed by atoms with van der Waals surface area (Å²) in [7, 11) is 4.92. The minimum absolute atomic E-state index is 0.00549. The first-order chi connectivity index (χ1) is 12.2. The Kier molecular flexibility index (Phi) is 6.28. The Hall–Kier alpha value is -2.51. The fraction of sp³-hybridized carbons (Fsp3) is 0.444. The van der Waals surface area contributed by atoms with Crippen LogP contribution in [0.15, 0.2) is 35.5 Å². The number of nitrogens with one attached hydrogen (secondary N) is 1. The quantitative estimate of drug-likeness (QED) is 0.652. The minimum Gasteiger partial charge on any atom is -0.352 e. The van der Waals surface area contributed by atoms with E-state index >= 15 is 0 Å². The van der Waals surface area contributed by atoms with Crippen molar-refractivity contribution in [3.05, 3.63) is 52.8 Å². The second-order valence-electron chi connectivity index (χ2n) is 6.10. The van der Waals surface area contributed by atoms with Crippen LogP contribution in [0.3, 0.4) is 0 Å². The number of halogens is 3. The van der Waals surface area contributed by atoms with Crippen molar-refractivity contribution >= 4 is 5.96 Å². The zero-order valence-corrected chi connectivity index (χ0v) is 15.4. The summed E-state index contributed by atoms with van der Waals surface area (Å²) in [4.78, 5) is 6.02. The molecule has 8 heteroatoms. The van der Waals surface area contributed by atoms with Crippen molar-refractivity contribution in [2.45, 2.75) is 32.6 Å². The molecule has 0 atom stereocenters. The highest BCUT2D eigenvalue weighted by atomic mass is 19.4. The fourth-order valence-corrected chi connectivity index (χ4v) is 2.69. The van der Waals surface area contributed by atoms with Gasteiger partial charge in [-0.15, -0.1) is 0 Å². The van der Waals surface area contributed by atoms with E-state index in [-0.39, 0.29) is 12.1 Å². The molecule has 0 aliphatic rings. The summed E-state index contributed by atoms with van der Waals surface area (Å²) in [6.45, 7) is 2.69. The molecule has 0 bridgehead atoms. The van der Waals surface area contributed by atoms with Crippen molar-refractivity contribution in [3.8, 4) is 0 Å². The van der Waals surface area contributed by atoms with Gasteiger partial charge in [0.1, 0.15) is 0 Å². The third-order valence-electron chi connectivity index (χ3n) is 4.03. The summed E-state index contributed by atoms with van der Waals surface area (Å²) in [6, 6.07) is 8.24. The standard InChI is InChI=1S/C18H24F3N5/c1-5-13-6-8-14(9-7-13)11-25(3)17(22-2)23-10-15-12-26(4)24-16(15)18(19,20)21/h6-9,12H,5,10-11H2,1-4H3,(H,22,23). The number of nitrogens with zero attached hydrogens (tertiary/aromatic N) is 4. The first-order valence-corrected chi connectivity index (χ1v) is 8.34. The smallest absolute Gasteiger partial charge is 0.352 e. The molecule has 0 aliphatic carbocycles. The number of alkyl halides is 3. The third-order valence-corrected chi connectivity index (χ3v) is 4.03. The lowest BCUT2D eigenvalue weighted by Gasteiger charge is -2.22. The summed E-state index contributed by atoms with van der Waals surface area (Å²) in [5.41, 5.74) is 1.57. The highest BCUT2D eigenvalue weighted by molar-refractivity contribution is 5.79. The van der Waals surface area contributed by atoms with E-state index in [1.807, 2.05) is 24.1 Å². The summed E-state index contributed by atoms with van der Waals surface area (Å²) in [5.74, 6) is 0.515.